The molecule has 0 spiro atoms. The molecule has 132 valence electrons. The number of aryl methyl sites for hydroxylation is 1. The average molecular weight is 357 g/mol. The minimum absolute atomic E-state index is 0. The second-order valence-electron chi connectivity index (χ2n) is 6.01. The fraction of sp³-hybridized carbons (Fsp3) is 0.667. The Morgan fingerprint density at radius 2 is 1.30 bits per heavy atom. The molecule has 3 nitrogen and oxygen atoms in total. The Bertz CT molecular complexity index is 515. The predicted octanol–water partition coefficient (Wildman–Crippen LogP) is 4.21. The number of hydrogen-bond donors (Lipinski definition) is 1. The maximum atomic E-state index is 11.3. The lowest BCUT2D eigenvalue weighted by Gasteiger charge is -2.07. The van der Waals surface area contributed by atoms with E-state index in [-0.39, 0.29) is 22.3 Å². The summed E-state index contributed by atoms with van der Waals surface area (Å²) >= 11 is 0. The summed E-state index contributed by atoms with van der Waals surface area (Å²) in [5.74, 6) is 0. The van der Waals surface area contributed by atoms with E-state index >= 15 is 0 Å². The Labute approximate surface area is 152 Å². The molecule has 0 aliphatic rings. The van der Waals surface area contributed by atoms with Crippen LogP contribution in [0.3, 0.4) is 0 Å². The number of benzene rings is 1. The standard InChI is InChI=1S/C18H30O3S.Al.3H/c1-2-3-4-5-6-7-8-9-10-11-14-17-15-12-13-16-18(17)22(19,20)21;;;;/h12-13,15-16H,2-11,14H2,1H3,(H,19,20,21);;;;. The Hall–Kier alpha value is -0.338. The van der Waals surface area contributed by atoms with Crippen LogP contribution in [-0.2, 0) is 16.5 Å². The first-order valence-electron chi connectivity index (χ1n) is 8.61. The van der Waals surface area contributed by atoms with Crippen molar-refractivity contribution in [2.45, 2.75) is 82.4 Å². The van der Waals surface area contributed by atoms with E-state index in [1.165, 1.54) is 57.4 Å². The maximum Gasteiger partial charge on any atom is 0.294 e. The zero-order valence-electron chi connectivity index (χ0n) is 13.8. The third-order valence-electron chi connectivity index (χ3n) is 4.05. The number of hydrogen-bond acceptors (Lipinski definition) is 2. The molecule has 0 bridgehead atoms. The Balaban J connectivity index is 0.00000484. The van der Waals surface area contributed by atoms with E-state index in [0.29, 0.717) is 6.42 Å². The predicted molar refractivity (Wildman–Crippen MR) is 102 cm³/mol. The SMILES string of the molecule is CCCCCCCCCCCCc1ccccc1S(=O)(=O)O.[AlH3]. The molecule has 1 N–H and O–H groups in total. The van der Waals surface area contributed by atoms with Crippen molar-refractivity contribution in [1.29, 1.82) is 0 Å². The first kappa shape index (κ1) is 22.7. The van der Waals surface area contributed by atoms with E-state index in [1.54, 1.807) is 12.1 Å². The van der Waals surface area contributed by atoms with Gasteiger partial charge in [0.25, 0.3) is 10.1 Å². The van der Waals surface area contributed by atoms with Gasteiger partial charge in [0.2, 0.25) is 0 Å². The van der Waals surface area contributed by atoms with Gasteiger partial charge in [-0.25, -0.2) is 0 Å². The molecule has 5 heteroatoms. The second kappa shape index (κ2) is 13.0. The highest BCUT2D eigenvalue weighted by molar-refractivity contribution is 7.85. The van der Waals surface area contributed by atoms with Gasteiger partial charge in [0.15, 0.2) is 17.4 Å². The van der Waals surface area contributed by atoms with Crippen LogP contribution in [0.25, 0.3) is 0 Å². The molecule has 1 rings (SSSR count). The van der Waals surface area contributed by atoms with Crippen LogP contribution < -0.4 is 0 Å². The summed E-state index contributed by atoms with van der Waals surface area (Å²) in [6, 6.07) is 6.73. The van der Waals surface area contributed by atoms with Crippen LogP contribution in [0.4, 0.5) is 0 Å². The van der Waals surface area contributed by atoms with Gasteiger partial charge in [-0.05, 0) is 24.5 Å². The first-order valence-corrected chi connectivity index (χ1v) is 10.0. The molecule has 0 unspecified atom stereocenters. The van der Waals surface area contributed by atoms with Gasteiger partial charge in [-0.15, -0.1) is 0 Å². The lowest BCUT2D eigenvalue weighted by atomic mass is 10.0. The zero-order valence-corrected chi connectivity index (χ0v) is 14.6. The average Bonchev–Trinajstić information content (AvgIpc) is 2.48. The van der Waals surface area contributed by atoms with E-state index in [0.717, 1.165) is 18.4 Å². The minimum atomic E-state index is -4.10. The third kappa shape index (κ3) is 10.2. The number of rotatable bonds is 12. The molecule has 0 radical (unpaired) electrons. The summed E-state index contributed by atoms with van der Waals surface area (Å²) in [6.07, 6.45) is 13.3. The largest absolute Gasteiger partial charge is 0.294 e. The number of unbranched alkanes of at least 4 members (excludes halogenated alkanes) is 9. The van der Waals surface area contributed by atoms with Crippen LogP contribution in [-0.4, -0.2) is 30.3 Å². The van der Waals surface area contributed by atoms with Crippen molar-refractivity contribution >= 4 is 27.5 Å². The second-order valence-corrected chi connectivity index (χ2v) is 7.40. The molecule has 0 aliphatic heterocycles. The smallest absolute Gasteiger partial charge is 0.282 e. The van der Waals surface area contributed by atoms with Crippen LogP contribution in [0.15, 0.2) is 29.2 Å². The van der Waals surface area contributed by atoms with Gasteiger partial charge in [0, 0.05) is 0 Å². The minimum Gasteiger partial charge on any atom is -0.282 e. The van der Waals surface area contributed by atoms with Crippen molar-refractivity contribution in [3.8, 4) is 0 Å². The van der Waals surface area contributed by atoms with E-state index in [9.17, 15) is 13.0 Å². The molecular formula is C18H33AlO3S. The van der Waals surface area contributed by atoms with Crippen LogP contribution >= 0.6 is 0 Å². The summed E-state index contributed by atoms with van der Waals surface area (Å²) in [6.45, 7) is 2.24. The normalized spacial score (nSPS) is 11.2. The summed E-state index contributed by atoms with van der Waals surface area (Å²) in [5, 5.41) is 0. The lowest BCUT2D eigenvalue weighted by molar-refractivity contribution is 0.481. The quantitative estimate of drug-likeness (QED) is 0.347. The van der Waals surface area contributed by atoms with Crippen molar-refractivity contribution in [3.63, 3.8) is 0 Å². The first-order chi connectivity index (χ1) is 10.6. The van der Waals surface area contributed by atoms with Gasteiger partial charge in [0.05, 0.1) is 4.90 Å². The van der Waals surface area contributed by atoms with E-state index in [4.69, 9.17) is 0 Å². The van der Waals surface area contributed by atoms with Gasteiger partial charge in [-0.2, -0.15) is 8.42 Å². The molecule has 0 saturated heterocycles. The third-order valence-corrected chi connectivity index (χ3v) is 5.00. The van der Waals surface area contributed by atoms with Crippen molar-refractivity contribution in [2.24, 2.45) is 0 Å². The highest BCUT2D eigenvalue weighted by Crippen LogP contribution is 2.18. The molecule has 23 heavy (non-hydrogen) atoms. The molecule has 0 atom stereocenters. The summed E-state index contributed by atoms with van der Waals surface area (Å²) in [7, 11) is -4.10. The van der Waals surface area contributed by atoms with Crippen LogP contribution in [0.1, 0.15) is 76.7 Å². The maximum absolute atomic E-state index is 11.3. The van der Waals surface area contributed by atoms with E-state index < -0.39 is 10.1 Å². The monoisotopic (exact) mass is 356 g/mol. The van der Waals surface area contributed by atoms with Gasteiger partial charge in [0.1, 0.15) is 0 Å². The lowest BCUT2D eigenvalue weighted by Crippen LogP contribution is -2.03. The Morgan fingerprint density at radius 1 is 0.826 bits per heavy atom. The molecule has 0 fully saturated rings. The van der Waals surface area contributed by atoms with Crippen molar-refractivity contribution in [1.82, 2.24) is 0 Å². The zero-order chi connectivity index (χ0) is 16.3. The van der Waals surface area contributed by atoms with Crippen molar-refractivity contribution in [3.05, 3.63) is 29.8 Å². The molecule has 0 aromatic heterocycles. The fourth-order valence-corrected chi connectivity index (χ4v) is 3.52. The highest BCUT2D eigenvalue weighted by atomic mass is 32.2. The Morgan fingerprint density at radius 3 is 1.83 bits per heavy atom. The van der Waals surface area contributed by atoms with Gasteiger partial charge in [-0.1, -0.05) is 82.9 Å². The molecule has 1 aromatic carbocycles. The Kier molecular flexibility index (Phi) is 12.8. The van der Waals surface area contributed by atoms with Crippen LogP contribution in [0.5, 0.6) is 0 Å². The van der Waals surface area contributed by atoms with Crippen molar-refractivity contribution in [2.75, 3.05) is 0 Å². The summed E-state index contributed by atoms with van der Waals surface area (Å²) in [4.78, 5) is 0.0610. The van der Waals surface area contributed by atoms with Crippen LogP contribution in [0, 0.1) is 0 Å². The fourth-order valence-electron chi connectivity index (χ4n) is 2.76. The van der Waals surface area contributed by atoms with Gasteiger partial charge >= 0.3 is 0 Å². The molecular weight excluding hydrogens is 323 g/mol. The molecule has 0 amide bonds. The van der Waals surface area contributed by atoms with Crippen molar-refractivity contribution < 1.29 is 13.0 Å². The summed E-state index contributed by atoms with van der Waals surface area (Å²) < 4.78 is 31.8. The van der Waals surface area contributed by atoms with E-state index in [2.05, 4.69) is 6.92 Å². The molecule has 0 aliphatic carbocycles. The molecule has 1 aromatic rings. The molecule has 0 saturated carbocycles. The van der Waals surface area contributed by atoms with Crippen LogP contribution in [0.2, 0.25) is 0 Å². The highest BCUT2D eigenvalue weighted by Gasteiger charge is 2.13. The van der Waals surface area contributed by atoms with Gasteiger partial charge in [-0.3, -0.25) is 4.55 Å². The summed E-state index contributed by atoms with van der Waals surface area (Å²) in [5.41, 5.74) is 0.726. The topological polar surface area (TPSA) is 54.4 Å². The van der Waals surface area contributed by atoms with Gasteiger partial charge < -0.3 is 0 Å². The molecule has 0 heterocycles. The van der Waals surface area contributed by atoms with E-state index in [1.807, 2.05) is 6.07 Å².